The van der Waals surface area contributed by atoms with Gasteiger partial charge in [-0.3, -0.25) is 0 Å². The fraction of sp³-hybridized carbons (Fsp3) is 0.444. The van der Waals surface area contributed by atoms with E-state index in [-0.39, 0.29) is 11.3 Å². The third kappa shape index (κ3) is 4.89. The number of rotatable bonds is 4. The van der Waals surface area contributed by atoms with E-state index in [1.54, 1.807) is 12.1 Å². The summed E-state index contributed by atoms with van der Waals surface area (Å²) in [7, 11) is 0. The summed E-state index contributed by atoms with van der Waals surface area (Å²) < 4.78 is 32.6. The molecule has 31 heavy (non-hydrogen) atoms. The number of hydrogen-bond acceptors (Lipinski definition) is 2. The van der Waals surface area contributed by atoms with E-state index in [0.29, 0.717) is 11.5 Å². The van der Waals surface area contributed by atoms with Gasteiger partial charge in [0.05, 0.1) is 5.56 Å². The van der Waals surface area contributed by atoms with Gasteiger partial charge in [0.15, 0.2) is 0 Å². The zero-order valence-electron chi connectivity index (χ0n) is 18.2. The van der Waals surface area contributed by atoms with E-state index in [1.807, 2.05) is 12.1 Å². The van der Waals surface area contributed by atoms with E-state index in [9.17, 15) is 13.6 Å². The lowest BCUT2D eigenvalue weighted by atomic mass is 9.64. The molecule has 4 rings (SSSR count). The molecule has 2 fully saturated rings. The number of halogens is 2. The number of carbonyl (C=O) groups excluding carboxylic acids is 1. The zero-order chi connectivity index (χ0) is 22.0. The summed E-state index contributed by atoms with van der Waals surface area (Å²) in [6.45, 7) is 3.45. The van der Waals surface area contributed by atoms with Gasteiger partial charge in [0.1, 0.15) is 17.4 Å². The molecule has 164 valence electrons. The van der Waals surface area contributed by atoms with Crippen molar-refractivity contribution >= 4 is 5.97 Å². The van der Waals surface area contributed by atoms with Crippen molar-refractivity contribution in [2.45, 2.75) is 58.3 Å². The van der Waals surface area contributed by atoms with Crippen molar-refractivity contribution < 1.29 is 18.3 Å². The fourth-order valence-corrected chi connectivity index (χ4v) is 5.41. The van der Waals surface area contributed by atoms with Crippen LogP contribution in [0.15, 0.2) is 48.6 Å². The Morgan fingerprint density at radius 3 is 2.29 bits per heavy atom. The predicted octanol–water partition coefficient (Wildman–Crippen LogP) is 7.37. The van der Waals surface area contributed by atoms with Crippen LogP contribution in [0.2, 0.25) is 0 Å². The number of hydrogen-bond donors (Lipinski definition) is 0. The maximum absolute atomic E-state index is 13.7. The highest BCUT2D eigenvalue weighted by molar-refractivity contribution is 5.91. The Labute approximate surface area is 183 Å². The van der Waals surface area contributed by atoms with E-state index in [2.05, 4.69) is 19.1 Å². The molecule has 4 atom stereocenters. The third-order valence-corrected chi connectivity index (χ3v) is 7.20. The number of esters is 1. The van der Waals surface area contributed by atoms with Crippen LogP contribution in [0.1, 0.15) is 72.9 Å². The Bertz CT molecular complexity index is 941. The van der Waals surface area contributed by atoms with Crippen molar-refractivity contribution in [2.24, 2.45) is 17.8 Å². The molecule has 0 spiro atoms. The number of benzene rings is 2. The van der Waals surface area contributed by atoms with Crippen LogP contribution in [0, 0.1) is 36.3 Å². The van der Waals surface area contributed by atoms with Gasteiger partial charge in [0.2, 0.25) is 0 Å². The van der Waals surface area contributed by atoms with Crippen LogP contribution in [-0.2, 0) is 0 Å². The molecular formula is C27H30F2O2. The van der Waals surface area contributed by atoms with Crippen LogP contribution in [-0.4, -0.2) is 5.97 Å². The van der Waals surface area contributed by atoms with Crippen molar-refractivity contribution in [3.8, 4) is 5.75 Å². The molecule has 0 heterocycles. The molecular weight excluding hydrogens is 394 g/mol. The molecule has 2 nitrogen and oxygen atoms in total. The Morgan fingerprint density at radius 2 is 1.61 bits per heavy atom. The average molecular weight is 425 g/mol. The minimum atomic E-state index is -0.728. The highest BCUT2D eigenvalue weighted by atomic mass is 19.1. The van der Waals surface area contributed by atoms with Crippen LogP contribution < -0.4 is 4.74 Å². The average Bonchev–Trinajstić information content (AvgIpc) is 2.77. The van der Waals surface area contributed by atoms with Crippen molar-refractivity contribution in [1.82, 2.24) is 0 Å². The summed E-state index contributed by atoms with van der Waals surface area (Å²) in [6, 6.07) is 9.59. The second-order valence-corrected chi connectivity index (χ2v) is 9.15. The van der Waals surface area contributed by atoms with Gasteiger partial charge in [-0.25, -0.2) is 13.6 Å². The lowest BCUT2D eigenvalue weighted by Crippen LogP contribution is -2.30. The van der Waals surface area contributed by atoms with E-state index in [0.717, 1.165) is 29.9 Å². The summed E-state index contributed by atoms with van der Waals surface area (Å²) in [5.74, 6) is 0.740. The lowest BCUT2D eigenvalue weighted by molar-refractivity contribution is 0.0734. The molecule has 2 aliphatic rings. The van der Waals surface area contributed by atoms with Crippen molar-refractivity contribution in [3.05, 3.63) is 76.9 Å². The van der Waals surface area contributed by atoms with E-state index in [1.165, 1.54) is 51.0 Å². The molecule has 0 N–H and O–H groups in total. The highest BCUT2D eigenvalue weighted by Crippen LogP contribution is 2.47. The fourth-order valence-electron chi connectivity index (χ4n) is 5.41. The van der Waals surface area contributed by atoms with Gasteiger partial charge in [-0.05, 0) is 93.7 Å². The molecule has 0 radical (unpaired) electrons. The Hall–Kier alpha value is -2.49. The normalized spacial score (nSPS) is 25.9. The van der Waals surface area contributed by atoms with E-state index < -0.39 is 17.6 Å². The molecule has 2 aromatic carbocycles. The van der Waals surface area contributed by atoms with Gasteiger partial charge in [0, 0.05) is 17.7 Å². The van der Waals surface area contributed by atoms with Gasteiger partial charge in [-0.1, -0.05) is 24.3 Å². The number of allylic oxidation sites excluding steroid dienone is 2. The largest absolute Gasteiger partial charge is 0.423 e. The summed E-state index contributed by atoms with van der Waals surface area (Å²) in [5.41, 5.74) is 1.55. The van der Waals surface area contributed by atoms with Crippen LogP contribution in [0.25, 0.3) is 0 Å². The zero-order valence-corrected chi connectivity index (χ0v) is 18.2. The monoisotopic (exact) mass is 424 g/mol. The molecule has 4 heteroatoms. The first-order chi connectivity index (χ1) is 14.9. The predicted molar refractivity (Wildman–Crippen MR) is 118 cm³/mol. The molecule has 0 bridgehead atoms. The molecule has 2 aromatic rings. The Balaban J connectivity index is 1.38. The smallest absolute Gasteiger partial charge is 0.343 e. The minimum Gasteiger partial charge on any atom is -0.423 e. The third-order valence-electron chi connectivity index (χ3n) is 7.20. The van der Waals surface area contributed by atoms with Crippen molar-refractivity contribution in [1.29, 1.82) is 0 Å². The summed E-state index contributed by atoms with van der Waals surface area (Å²) in [4.78, 5) is 12.4. The Kier molecular flexibility index (Phi) is 6.54. The van der Waals surface area contributed by atoms with Crippen LogP contribution >= 0.6 is 0 Å². The summed E-state index contributed by atoms with van der Waals surface area (Å²) in [5, 5.41) is 0. The lowest BCUT2D eigenvalue weighted by Gasteiger charge is -2.41. The Morgan fingerprint density at radius 1 is 0.968 bits per heavy atom. The number of carbonyl (C=O) groups is 1. The van der Waals surface area contributed by atoms with Crippen molar-refractivity contribution in [3.63, 3.8) is 0 Å². The van der Waals surface area contributed by atoms with E-state index >= 15 is 0 Å². The minimum absolute atomic E-state index is 0.0887. The van der Waals surface area contributed by atoms with Crippen molar-refractivity contribution in [2.75, 3.05) is 0 Å². The summed E-state index contributed by atoms with van der Waals surface area (Å²) >= 11 is 0. The standard InChI is InChI=1S/C27H30F2O2/c1-3-4-18-5-6-23-14-22(12-11-21(23)13-18)19-7-9-20(10-8-19)27(30)31-24-15-25(28)17(2)26(29)16-24/h3-4,7-10,15-16,18,21-23H,5-6,11-14H2,1-2H3/b4-3+. The number of fused-ring (bicyclic) bond motifs is 1. The molecule has 0 saturated heterocycles. The SMILES string of the molecule is C/C=C/C1CCC2CC(c3ccc(C(=O)Oc4cc(F)c(C)c(F)c4)cc3)CCC2C1. The first-order valence-corrected chi connectivity index (χ1v) is 11.3. The van der Waals surface area contributed by atoms with Gasteiger partial charge in [-0.15, -0.1) is 0 Å². The second-order valence-electron chi connectivity index (χ2n) is 9.15. The molecule has 0 amide bonds. The second kappa shape index (κ2) is 9.33. The highest BCUT2D eigenvalue weighted by Gasteiger charge is 2.35. The molecule has 4 unspecified atom stereocenters. The maximum atomic E-state index is 13.7. The van der Waals surface area contributed by atoms with Crippen LogP contribution in [0.4, 0.5) is 8.78 Å². The maximum Gasteiger partial charge on any atom is 0.343 e. The summed E-state index contributed by atoms with van der Waals surface area (Å²) in [6.07, 6.45) is 12.2. The first kappa shape index (κ1) is 21.7. The quantitative estimate of drug-likeness (QED) is 0.291. The molecule has 2 saturated carbocycles. The molecule has 0 aliphatic heterocycles. The topological polar surface area (TPSA) is 26.3 Å². The van der Waals surface area contributed by atoms with Gasteiger partial charge < -0.3 is 4.74 Å². The van der Waals surface area contributed by atoms with Crippen LogP contribution in [0.5, 0.6) is 5.75 Å². The van der Waals surface area contributed by atoms with Gasteiger partial charge >= 0.3 is 5.97 Å². The first-order valence-electron chi connectivity index (χ1n) is 11.3. The van der Waals surface area contributed by atoms with E-state index in [4.69, 9.17) is 4.74 Å². The van der Waals surface area contributed by atoms with Gasteiger partial charge in [0.25, 0.3) is 0 Å². The number of ether oxygens (including phenoxy) is 1. The van der Waals surface area contributed by atoms with Crippen LogP contribution in [0.3, 0.4) is 0 Å². The molecule has 2 aliphatic carbocycles. The van der Waals surface area contributed by atoms with Gasteiger partial charge in [-0.2, -0.15) is 0 Å². The molecule has 0 aromatic heterocycles.